The number of hydrogen-bond donors (Lipinski definition) is 2. The zero-order chi connectivity index (χ0) is 12.1. The number of amides is 1. The van der Waals surface area contributed by atoms with E-state index in [9.17, 15) is 4.79 Å². The van der Waals surface area contributed by atoms with E-state index in [-0.39, 0.29) is 11.8 Å². The summed E-state index contributed by atoms with van der Waals surface area (Å²) in [6.07, 6.45) is 1.97. The number of carbonyl (C=O) groups excluding carboxylic acids is 1. The summed E-state index contributed by atoms with van der Waals surface area (Å²) in [4.78, 5) is 12.0. The molecule has 2 fully saturated rings. The maximum Gasteiger partial charge on any atom is 0.223 e. The fraction of sp³-hybridized carbons (Fsp3) is 0.917. The summed E-state index contributed by atoms with van der Waals surface area (Å²) in [5.41, 5.74) is 0. The molecule has 2 rings (SSSR count). The summed E-state index contributed by atoms with van der Waals surface area (Å²) in [6.45, 7) is 4.00. The molecule has 0 spiro atoms. The predicted molar refractivity (Wildman–Crippen MR) is 76.8 cm³/mol. The van der Waals surface area contributed by atoms with Crippen LogP contribution in [0.4, 0.5) is 0 Å². The van der Waals surface area contributed by atoms with Crippen molar-refractivity contribution < 1.29 is 4.79 Å². The van der Waals surface area contributed by atoms with Gasteiger partial charge in [0.15, 0.2) is 0 Å². The van der Waals surface area contributed by atoms with Gasteiger partial charge in [-0.3, -0.25) is 4.79 Å². The summed E-state index contributed by atoms with van der Waals surface area (Å²) >= 11 is 4.01. The fourth-order valence-corrected chi connectivity index (χ4v) is 5.00. The molecule has 0 aromatic rings. The first-order valence-corrected chi connectivity index (χ1v) is 8.66. The SMILES string of the molecule is CC1CC(C(=O)NCC2CSCCS2)CCN1. The van der Waals surface area contributed by atoms with E-state index < -0.39 is 0 Å². The van der Waals surface area contributed by atoms with Gasteiger partial charge in [-0.25, -0.2) is 0 Å². The fourth-order valence-electron chi connectivity index (χ4n) is 2.38. The van der Waals surface area contributed by atoms with E-state index >= 15 is 0 Å². The highest BCUT2D eigenvalue weighted by Crippen LogP contribution is 2.23. The van der Waals surface area contributed by atoms with Gasteiger partial charge in [-0.05, 0) is 26.3 Å². The van der Waals surface area contributed by atoms with Gasteiger partial charge < -0.3 is 10.6 Å². The quantitative estimate of drug-likeness (QED) is 0.815. The summed E-state index contributed by atoms with van der Waals surface area (Å²) in [7, 11) is 0. The van der Waals surface area contributed by atoms with Gasteiger partial charge in [-0.1, -0.05) is 0 Å². The second-order valence-corrected chi connectivity index (χ2v) is 7.45. The van der Waals surface area contributed by atoms with Crippen molar-refractivity contribution in [3.63, 3.8) is 0 Å². The Morgan fingerprint density at radius 3 is 3.06 bits per heavy atom. The smallest absolute Gasteiger partial charge is 0.223 e. The average molecular weight is 274 g/mol. The van der Waals surface area contributed by atoms with Crippen molar-refractivity contribution in [2.75, 3.05) is 30.3 Å². The largest absolute Gasteiger partial charge is 0.355 e. The molecule has 0 bridgehead atoms. The summed E-state index contributed by atoms with van der Waals surface area (Å²) in [5.74, 6) is 4.19. The summed E-state index contributed by atoms with van der Waals surface area (Å²) in [5, 5.41) is 7.15. The Balaban J connectivity index is 1.69. The average Bonchev–Trinajstić information content (AvgIpc) is 2.37. The van der Waals surface area contributed by atoms with E-state index in [1.54, 1.807) is 0 Å². The third kappa shape index (κ3) is 4.38. The normalized spacial score (nSPS) is 34.3. The Kier molecular flexibility index (Phi) is 5.50. The minimum Gasteiger partial charge on any atom is -0.355 e. The molecule has 3 atom stereocenters. The Labute approximate surface area is 112 Å². The third-order valence-corrected chi connectivity index (χ3v) is 6.23. The molecule has 2 aliphatic heterocycles. The second-order valence-electron chi connectivity index (χ2n) is 4.89. The molecule has 0 aromatic carbocycles. The minimum absolute atomic E-state index is 0.229. The Morgan fingerprint density at radius 1 is 1.47 bits per heavy atom. The molecule has 0 saturated carbocycles. The Morgan fingerprint density at radius 2 is 2.35 bits per heavy atom. The van der Waals surface area contributed by atoms with Gasteiger partial charge in [-0.15, -0.1) is 0 Å². The van der Waals surface area contributed by atoms with Crippen LogP contribution in [0.2, 0.25) is 0 Å². The maximum atomic E-state index is 12.0. The van der Waals surface area contributed by atoms with Crippen molar-refractivity contribution >= 4 is 29.4 Å². The highest BCUT2D eigenvalue weighted by Gasteiger charge is 2.25. The second kappa shape index (κ2) is 6.90. The predicted octanol–water partition coefficient (Wildman–Crippen LogP) is 1.34. The van der Waals surface area contributed by atoms with Crippen LogP contribution >= 0.6 is 23.5 Å². The van der Waals surface area contributed by atoms with Crippen LogP contribution in [0, 0.1) is 5.92 Å². The minimum atomic E-state index is 0.229. The molecule has 1 amide bonds. The molecular formula is C12H22N2OS2. The van der Waals surface area contributed by atoms with Crippen LogP contribution in [0.5, 0.6) is 0 Å². The van der Waals surface area contributed by atoms with Crippen LogP contribution < -0.4 is 10.6 Å². The van der Waals surface area contributed by atoms with Gasteiger partial charge in [0, 0.05) is 41.0 Å². The van der Waals surface area contributed by atoms with Gasteiger partial charge in [0.1, 0.15) is 0 Å². The molecule has 2 saturated heterocycles. The van der Waals surface area contributed by atoms with Crippen LogP contribution in [0.15, 0.2) is 0 Å². The molecule has 17 heavy (non-hydrogen) atoms. The van der Waals surface area contributed by atoms with Crippen molar-refractivity contribution in [1.82, 2.24) is 10.6 Å². The molecule has 3 nitrogen and oxygen atoms in total. The van der Waals surface area contributed by atoms with Gasteiger partial charge in [0.05, 0.1) is 0 Å². The topological polar surface area (TPSA) is 41.1 Å². The molecule has 0 radical (unpaired) electrons. The van der Waals surface area contributed by atoms with Gasteiger partial charge in [0.25, 0.3) is 0 Å². The number of nitrogens with one attached hydrogen (secondary N) is 2. The molecular weight excluding hydrogens is 252 g/mol. The molecule has 98 valence electrons. The standard InChI is InChI=1S/C12H22N2OS2/c1-9-6-10(2-3-13-9)12(15)14-7-11-8-16-4-5-17-11/h9-11,13H,2-8H2,1H3,(H,14,15). The first kappa shape index (κ1) is 13.6. The highest BCUT2D eigenvalue weighted by molar-refractivity contribution is 8.06. The molecule has 0 aliphatic carbocycles. The van der Waals surface area contributed by atoms with Crippen molar-refractivity contribution in [1.29, 1.82) is 0 Å². The molecule has 2 N–H and O–H groups in total. The first-order valence-electron chi connectivity index (χ1n) is 6.46. The summed E-state index contributed by atoms with van der Waals surface area (Å²) < 4.78 is 0. The molecule has 3 unspecified atom stereocenters. The van der Waals surface area contributed by atoms with Crippen LogP contribution in [0.3, 0.4) is 0 Å². The Bertz CT molecular complexity index is 257. The highest BCUT2D eigenvalue weighted by atomic mass is 32.2. The van der Waals surface area contributed by atoms with E-state index in [2.05, 4.69) is 17.6 Å². The van der Waals surface area contributed by atoms with Gasteiger partial charge >= 0.3 is 0 Å². The van der Waals surface area contributed by atoms with Gasteiger partial charge in [0.2, 0.25) is 5.91 Å². The van der Waals surface area contributed by atoms with Crippen LogP contribution in [0.1, 0.15) is 19.8 Å². The van der Waals surface area contributed by atoms with E-state index in [0.717, 1.165) is 25.9 Å². The van der Waals surface area contributed by atoms with Crippen LogP contribution in [-0.4, -0.2) is 47.5 Å². The third-order valence-electron chi connectivity index (χ3n) is 3.38. The monoisotopic (exact) mass is 274 g/mol. The molecule has 0 aromatic heterocycles. The van der Waals surface area contributed by atoms with Crippen molar-refractivity contribution in [2.24, 2.45) is 5.92 Å². The molecule has 5 heteroatoms. The van der Waals surface area contributed by atoms with Gasteiger partial charge in [-0.2, -0.15) is 23.5 Å². The number of hydrogen-bond acceptors (Lipinski definition) is 4. The first-order chi connectivity index (χ1) is 8.25. The zero-order valence-corrected chi connectivity index (χ0v) is 12.0. The lowest BCUT2D eigenvalue weighted by Gasteiger charge is -2.28. The summed E-state index contributed by atoms with van der Waals surface area (Å²) in [6, 6.07) is 0.485. The lowest BCUT2D eigenvalue weighted by Crippen LogP contribution is -2.44. The number of piperidine rings is 1. The van der Waals surface area contributed by atoms with Crippen LogP contribution in [-0.2, 0) is 4.79 Å². The van der Waals surface area contributed by atoms with E-state index in [1.165, 1.54) is 17.3 Å². The lowest BCUT2D eigenvalue weighted by molar-refractivity contribution is -0.126. The van der Waals surface area contributed by atoms with E-state index in [4.69, 9.17) is 0 Å². The lowest BCUT2D eigenvalue weighted by atomic mass is 9.92. The van der Waals surface area contributed by atoms with Crippen molar-refractivity contribution in [3.05, 3.63) is 0 Å². The molecule has 2 heterocycles. The number of thioether (sulfide) groups is 2. The van der Waals surface area contributed by atoms with E-state index in [0.29, 0.717) is 11.3 Å². The number of carbonyl (C=O) groups is 1. The Hall–Kier alpha value is 0.130. The van der Waals surface area contributed by atoms with Crippen molar-refractivity contribution in [2.45, 2.75) is 31.1 Å². The number of rotatable bonds is 3. The zero-order valence-electron chi connectivity index (χ0n) is 10.4. The maximum absolute atomic E-state index is 12.0. The van der Waals surface area contributed by atoms with Crippen molar-refractivity contribution in [3.8, 4) is 0 Å². The van der Waals surface area contributed by atoms with Crippen LogP contribution in [0.25, 0.3) is 0 Å². The van der Waals surface area contributed by atoms with E-state index in [1.807, 2.05) is 23.5 Å². The molecule has 2 aliphatic rings.